The van der Waals surface area contributed by atoms with Crippen molar-refractivity contribution in [2.75, 3.05) is 0 Å². The maximum atomic E-state index is 12.4. The molecule has 0 radical (unpaired) electrons. The van der Waals surface area contributed by atoms with Gasteiger partial charge in [-0.3, -0.25) is 9.78 Å². The molecule has 6 nitrogen and oxygen atoms in total. The van der Waals surface area contributed by atoms with Crippen LogP contribution in [0.1, 0.15) is 41.6 Å². The lowest BCUT2D eigenvalue weighted by atomic mass is 9.85. The fourth-order valence-corrected chi connectivity index (χ4v) is 2.81. The van der Waals surface area contributed by atoms with Crippen molar-refractivity contribution in [2.24, 2.45) is 0 Å². The Morgan fingerprint density at radius 3 is 2.83 bits per heavy atom. The van der Waals surface area contributed by atoms with Crippen LogP contribution in [0, 0.1) is 11.3 Å². The van der Waals surface area contributed by atoms with E-state index in [2.05, 4.69) is 10.3 Å². The van der Waals surface area contributed by atoms with Crippen LogP contribution in [-0.2, 0) is 0 Å². The molecular weight excluding hydrogens is 306 g/mol. The molecular formula is C18H17N3O3. The van der Waals surface area contributed by atoms with Crippen molar-refractivity contribution in [1.29, 1.82) is 5.26 Å². The van der Waals surface area contributed by atoms with Crippen LogP contribution < -0.4 is 10.1 Å². The fraction of sp³-hybridized carbons (Fsp3) is 0.278. The van der Waals surface area contributed by atoms with Gasteiger partial charge in [0.15, 0.2) is 0 Å². The molecule has 24 heavy (non-hydrogen) atoms. The number of aliphatic hydroxyl groups excluding tert-OH is 1. The molecule has 0 unspecified atom stereocenters. The van der Waals surface area contributed by atoms with E-state index < -0.39 is 23.7 Å². The van der Waals surface area contributed by atoms with E-state index >= 15 is 0 Å². The molecule has 2 heterocycles. The number of amides is 1. The molecule has 2 atom stereocenters. The normalized spacial score (nSPS) is 21.1. The Labute approximate surface area is 139 Å². The highest BCUT2D eigenvalue weighted by Crippen LogP contribution is 2.40. The van der Waals surface area contributed by atoms with Crippen LogP contribution in [0.2, 0.25) is 0 Å². The molecule has 1 aliphatic heterocycles. The predicted molar refractivity (Wildman–Crippen MR) is 86.3 cm³/mol. The number of rotatable bonds is 2. The Balaban J connectivity index is 1.92. The molecule has 1 aromatic heterocycles. The van der Waals surface area contributed by atoms with E-state index in [1.54, 1.807) is 50.2 Å². The van der Waals surface area contributed by atoms with Crippen LogP contribution in [0.15, 0.2) is 42.6 Å². The molecule has 2 N–H and O–H groups in total. The molecule has 1 amide bonds. The molecule has 6 heteroatoms. The molecule has 1 aliphatic rings. The first-order valence-corrected chi connectivity index (χ1v) is 7.55. The van der Waals surface area contributed by atoms with E-state index in [0.717, 1.165) is 0 Å². The maximum absolute atomic E-state index is 12.4. The average molecular weight is 323 g/mol. The monoisotopic (exact) mass is 323 g/mol. The molecule has 0 saturated carbocycles. The van der Waals surface area contributed by atoms with Crippen LogP contribution in [0.25, 0.3) is 0 Å². The third-order valence-corrected chi connectivity index (χ3v) is 4.08. The van der Waals surface area contributed by atoms with Gasteiger partial charge in [0.1, 0.15) is 23.1 Å². The Morgan fingerprint density at radius 1 is 1.38 bits per heavy atom. The van der Waals surface area contributed by atoms with Gasteiger partial charge in [-0.2, -0.15) is 5.26 Å². The minimum absolute atomic E-state index is 0.261. The summed E-state index contributed by atoms with van der Waals surface area (Å²) in [5.74, 6) is 0.117. The molecule has 2 aromatic rings. The van der Waals surface area contributed by atoms with Crippen LogP contribution in [0.4, 0.5) is 0 Å². The summed E-state index contributed by atoms with van der Waals surface area (Å²) in [6.07, 6.45) is 0.534. The van der Waals surface area contributed by atoms with Crippen molar-refractivity contribution in [3.63, 3.8) is 0 Å². The van der Waals surface area contributed by atoms with Gasteiger partial charge >= 0.3 is 0 Å². The van der Waals surface area contributed by atoms with Crippen molar-refractivity contribution >= 4 is 5.91 Å². The summed E-state index contributed by atoms with van der Waals surface area (Å²) >= 11 is 0. The molecule has 3 rings (SSSR count). The zero-order valence-electron chi connectivity index (χ0n) is 13.4. The molecule has 122 valence electrons. The molecule has 0 bridgehead atoms. The van der Waals surface area contributed by atoms with Gasteiger partial charge in [0.05, 0.1) is 17.7 Å². The first kappa shape index (κ1) is 16.0. The second kappa shape index (κ2) is 5.95. The molecule has 0 fully saturated rings. The number of carbonyl (C=O) groups is 1. The number of aromatic nitrogens is 1. The number of pyridine rings is 1. The molecule has 0 aliphatic carbocycles. The third-order valence-electron chi connectivity index (χ3n) is 4.08. The minimum atomic E-state index is -0.996. The Bertz CT molecular complexity index is 812. The third kappa shape index (κ3) is 2.82. The average Bonchev–Trinajstić information content (AvgIpc) is 2.58. The van der Waals surface area contributed by atoms with Gasteiger partial charge in [-0.15, -0.1) is 0 Å². The van der Waals surface area contributed by atoms with Crippen LogP contribution in [-0.4, -0.2) is 27.6 Å². The lowest BCUT2D eigenvalue weighted by molar-refractivity contribution is -0.0253. The number of nitrogens with one attached hydrogen (secondary N) is 1. The number of carbonyl (C=O) groups excluding carboxylic acids is 1. The summed E-state index contributed by atoms with van der Waals surface area (Å²) in [7, 11) is 0. The highest BCUT2D eigenvalue weighted by molar-refractivity contribution is 5.92. The van der Waals surface area contributed by atoms with E-state index in [9.17, 15) is 9.90 Å². The Hall–Kier alpha value is -2.91. The summed E-state index contributed by atoms with van der Waals surface area (Å²) in [5, 5.41) is 22.6. The SMILES string of the molecule is CC1(C)Oc2ccc(C#N)cc2[C@H](O)[C@H]1NC(=O)c1ccccn1. The van der Waals surface area contributed by atoms with Gasteiger partial charge in [0, 0.05) is 11.8 Å². The zero-order valence-corrected chi connectivity index (χ0v) is 13.4. The van der Waals surface area contributed by atoms with Crippen LogP contribution in [0.5, 0.6) is 5.75 Å². The van der Waals surface area contributed by atoms with Crippen molar-refractivity contribution in [3.8, 4) is 11.8 Å². The van der Waals surface area contributed by atoms with Gasteiger partial charge in [-0.25, -0.2) is 0 Å². The summed E-state index contributed by atoms with van der Waals surface area (Å²) in [4.78, 5) is 16.4. The molecule has 1 aromatic carbocycles. The number of hydrogen-bond donors (Lipinski definition) is 2. The highest BCUT2D eigenvalue weighted by atomic mass is 16.5. The quantitative estimate of drug-likeness (QED) is 0.881. The summed E-state index contributed by atoms with van der Waals surface area (Å²) in [5.41, 5.74) is 0.341. The summed E-state index contributed by atoms with van der Waals surface area (Å²) < 4.78 is 5.93. The number of benzene rings is 1. The van der Waals surface area contributed by atoms with E-state index in [4.69, 9.17) is 10.00 Å². The summed E-state index contributed by atoms with van der Waals surface area (Å²) in [6.45, 7) is 3.58. The topological polar surface area (TPSA) is 95.2 Å². The van der Waals surface area contributed by atoms with Crippen molar-refractivity contribution in [3.05, 3.63) is 59.4 Å². The van der Waals surface area contributed by atoms with E-state index in [1.807, 2.05) is 6.07 Å². The fourth-order valence-electron chi connectivity index (χ4n) is 2.81. The van der Waals surface area contributed by atoms with Gasteiger partial charge in [0.25, 0.3) is 5.91 Å². The number of aliphatic hydroxyl groups is 1. The zero-order chi connectivity index (χ0) is 17.3. The molecule has 0 saturated heterocycles. The smallest absolute Gasteiger partial charge is 0.270 e. The van der Waals surface area contributed by atoms with Crippen molar-refractivity contribution in [1.82, 2.24) is 10.3 Å². The lowest BCUT2D eigenvalue weighted by Gasteiger charge is -2.43. The number of nitrogens with zero attached hydrogens (tertiary/aromatic N) is 2. The summed E-state index contributed by atoms with van der Waals surface area (Å²) in [6, 6.07) is 11.3. The van der Waals surface area contributed by atoms with Crippen molar-refractivity contribution in [2.45, 2.75) is 31.6 Å². The van der Waals surface area contributed by atoms with E-state index in [1.165, 1.54) is 6.20 Å². The van der Waals surface area contributed by atoms with Gasteiger partial charge in [0.2, 0.25) is 0 Å². The van der Waals surface area contributed by atoms with E-state index in [0.29, 0.717) is 16.9 Å². The second-order valence-electron chi connectivity index (χ2n) is 6.18. The van der Waals surface area contributed by atoms with Gasteiger partial charge in [-0.1, -0.05) is 6.07 Å². The van der Waals surface area contributed by atoms with Crippen molar-refractivity contribution < 1.29 is 14.6 Å². The first-order valence-electron chi connectivity index (χ1n) is 7.55. The second-order valence-corrected chi connectivity index (χ2v) is 6.18. The van der Waals surface area contributed by atoms with Crippen LogP contribution >= 0.6 is 0 Å². The number of ether oxygens (including phenoxy) is 1. The first-order chi connectivity index (χ1) is 11.4. The predicted octanol–water partition coefficient (Wildman–Crippen LogP) is 1.96. The Kier molecular flexibility index (Phi) is 3.96. The minimum Gasteiger partial charge on any atom is -0.485 e. The number of fused-ring (bicyclic) bond motifs is 1. The van der Waals surface area contributed by atoms with Gasteiger partial charge in [-0.05, 0) is 44.2 Å². The number of nitriles is 1. The standard InChI is InChI=1S/C18H17N3O3/c1-18(2)16(21-17(23)13-5-3-4-8-20-13)15(22)12-9-11(10-19)6-7-14(12)24-18/h3-9,15-16,22H,1-2H3,(H,21,23)/t15-,16+/m0/s1. The number of hydrogen-bond acceptors (Lipinski definition) is 5. The highest BCUT2D eigenvalue weighted by Gasteiger charge is 2.44. The van der Waals surface area contributed by atoms with E-state index in [-0.39, 0.29) is 5.69 Å². The van der Waals surface area contributed by atoms with Gasteiger partial charge < -0.3 is 15.2 Å². The molecule has 0 spiro atoms. The lowest BCUT2D eigenvalue weighted by Crippen LogP contribution is -2.57. The van der Waals surface area contributed by atoms with Crippen LogP contribution in [0.3, 0.4) is 0 Å². The maximum Gasteiger partial charge on any atom is 0.270 e. The Morgan fingerprint density at radius 2 is 2.17 bits per heavy atom. The largest absolute Gasteiger partial charge is 0.485 e.